The number of amides is 1. The second-order valence-corrected chi connectivity index (χ2v) is 5.25. The molecule has 2 heterocycles. The first-order valence-electron chi connectivity index (χ1n) is 7.04. The Kier molecular flexibility index (Phi) is 3.80. The second-order valence-electron chi connectivity index (χ2n) is 5.25. The first-order valence-corrected chi connectivity index (χ1v) is 7.04. The van der Waals surface area contributed by atoms with Gasteiger partial charge in [0.15, 0.2) is 0 Å². The van der Waals surface area contributed by atoms with Crippen LogP contribution in [0.15, 0.2) is 18.2 Å². The number of anilines is 1. The number of hydrogen-bond acceptors (Lipinski definition) is 3. The monoisotopic (exact) mass is 260 g/mol. The van der Waals surface area contributed by atoms with Crippen LogP contribution in [0.25, 0.3) is 0 Å². The number of rotatable bonds is 2. The molecule has 1 aromatic carbocycles. The molecule has 19 heavy (non-hydrogen) atoms. The highest BCUT2D eigenvalue weighted by Gasteiger charge is 2.23. The van der Waals surface area contributed by atoms with Gasteiger partial charge in [-0.3, -0.25) is 4.79 Å². The molecule has 0 aliphatic carbocycles. The van der Waals surface area contributed by atoms with Crippen LogP contribution >= 0.6 is 0 Å². The Morgan fingerprint density at radius 2 is 2.16 bits per heavy atom. The van der Waals surface area contributed by atoms with Crippen molar-refractivity contribution in [2.45, 2.75) is 25.8 Å². The average molecular weight is 260 g/mol. The van der Waals surface area contributed by atoms with Crippen molar-refractivity contribution in [2.24, 2.45) is 5.92 Å². The summed E-state index contributed by atoms with van der Waals surface area (Å²) >= 11 is 0. The Hall–Kier alpha value is -1.39. The molecule has 0 atom stereocenters. The number of fused-ring (bicyclic) bond motifs is 1. The highest BCUT2D eigenvalue weighted by atomic mass is 16.5. The Bertz CT molecular complexity index is 467. The van der Waals surface area contributed by atoms with Gasteiger partial charge in [-0.2, -0.15) is 0 Å². The Morgan fingerprint density at radius 1 is 1.32 bits per heavy atom. The van der Waals surface area contributed by atoms with E-state index in [-0.39, 0.29) is 11.8 Å². The van der Waals surface area contributed by atoms with Crippen LogP contribution in [0.5, 0.6) is 0 Å². The summed E-state index contributed by atoms with van der Waals surface area (Å²) in [6.07, 6.45) is 2.66. The molecule has 2 aliphatic heterocycles. The lowest BCUT2D eigenvalue weighted by atomic mass is 9.96. The van der Waals surface area contributed by atoms with Crippen LogP contribution in [-0.2, 0) is 22.5 Å². The molecular formula is C15H20N2O2. The maximum Gasteiger partial charge on any atom is 0.227 e. The fourth-order valence-electron chi connectivity index (χ4n) is 2.84. The summed E-state index contributed by atoms with van der Waals surface area (Å²) in [6.45, 7) is 3.29. The molecule has 102 valence electrons. The van der Waals surface area contributed by atoms with E-state index in [4.69, 9.17) is 4.74 Å². The third-order valence-corrected chi connectivity index (χ3v) is 3.99. The van der Waals surface area contributed by atoms with Gasteiger partial charge in [-0.05, 0) is 43.0 Å². The van der Waals surface area contributed by atoms with E-state index >= 15 is 0 Å². The van der Waals surface area contributed by atoms with Gasteiger partial charge in [0.1, 0.15) is 0 Å². The minimum Gasteiger partial charge on any atom is -0.381 e. The van der Waals surface area contributed by atoms with Gasteiger partial charge < -0.3 is 15.4 Å². The first-order chi connectivity index (χ1) is 9.34. The number of carbonyl (C=O) groups excluding carboxylic acids is 1. The molecule has 1 fully saturated rings. The van der Waals surface area contributed by atoms with Crippen LogP contribution in [0.3, 0.4) is 0 Å². The van der Waals surface area contributed by atoms with Crippen LogP contribution in [-0.4, -0.2) is 25.7 Å². The minimum atomic E-state index is 0.103. The van der Waals surface area contributed by atoms with E-state index in [9.17, 15) is 4.79 Å². The smallest absolute Gasteiger partial charge is 0.227 e. The zero-order valence-electron chi connectivity index (χ0n) is 11.1. The summed E-state index contributed by atoms with van der Waals surface area (Å²) in [5, 5.41) is 6.47. The zero-order chi connectivity index (χ0) is 13.1. The van der Waals surface area contributed by atoms with Crippen molar-refractivity contribution in [3.63, 3.8) is 0 Å². The second kappa shape index (κ2) is 5.72. The summed E-state index contributed by atoms with van der Waals surface area (Å²) in [4.78, 5) is 12.3. The summed E-state index contributed by atoms with van der Waals surface area (Å²) in [5.41, 5.74) is 3.59. The number of benzene rings is 1. The highest BCUT2D eigenvalue weighted by Crippen LogP contribution is 2.25. The number of hydrogen-bond donors (Lipinski definition) is 2. The Morgan fingerprint density at radius 3 is 3.00 bits per heavy atom. The van der Waals surface area contributed by atoms with Crippen molar-refractivity contribution in [2.75, 3.05) is 25.1 Å². The molecule has 1 aromatic rings. The van der Waals surface area contributed by atoms with Gasteiger partial charge in [0.05, 0.1) is 0 Å². The number of carbonyl (C=O) groups is 1. The predicted molar refractivity (Wildman–Crippen MR) is 74.0 cm³/mol. The molecule has 2 aliphatic rings. The molecule has 0 radical (unpaired) electrons. The molecular weight excluding hydrogens is 240 g/mol. The van der Waals surface area contributed by atoms with E-state index in [1.807, 2.05) is 12.1 Å². The SMILES string of the molecule is O=C(Nc1cccc2c1CCNC2)C1CCOCC1. The largest absolute Gasteiger partial charge is 0.381 e. The molecule has 4 nitrogen and oxygen atoms in total. The highest BCUT2D eigenvalue weighted by molar-refractivity contribution is 5.93. The number of ether oxygens (including phenoxy) is 1. The maximum atomic E-state index is 12.3. The normalized spacial score (nSPS) is 19.8. The topological polar surface area (TPSA) is 50.4 Å². The van der Waals surface area contributed by atoms with Crippen LogP contribution in [0, 0.1) is 5.92 Å². The molecule has 0 bridgehead atoms. The Labute approximate surface area is 113 Å². The lowest BCUT2D eigenvalue weighted by Crippen LogP contribution is -2.30. The molecule has 4 heteroatoms. The first kappa shape index (κ1) is 12.6. The van der Waals surface area contributed by atoms with Crippen molar-refractivity contribution in [1.82, 2.24) is 5.32 Å². The molecule has 1 saturated heterocycles. The van der Waals surface area contributed by atoms with Gasteiger partial charge >= 0.3 is 0 Å². The average Bonchev–Trinajstić information content (AvgIpc) is 2.48. The van der Waals surface area contributed by atoms with Crippen LogP contribution in [0.2, 0.25) is 0 Å². The van der Waals surface area contributed by atoms with Crippen molar-refractivity contribution in [3.8, 4) is 0 Å². The van der Waals surface area contributed by atoms with Gasteiger partial charge in [0, 0.05) is 31.4 Å². The van der Waals surface area contributed by atoms with Gasteiger partial charge in [-0.1, -0.05) is 12.1 Å². The maximum absolute atomic E-state index is 12.3. The lowest BCUT2D eigenvalue weighted by Gasteiger charge is -2.24. The fraction of sp³-hybridized carbons (Fsp3) is 0.533. The van der Waals surface area contributed by atoms with Crippen molar-refractivity contribution in [1.29, 1.82) is 0 Å². The van der Waals surface area contributed by atoms with Crippen molar-refractivity contribution < 1.29 is 9.53 Å². The zero-order valence-corrected chi connectivity index (χ0v) is 11.1. The number of nitrogens with one attached hydrogen (secondary N) is 2. The third kappa shape index (κ3) is 2.80. The molecule has 2 N–H and O–H groups in total. The standard InChI is InChI=1S/C15H20N2O2/c18-15(11-5-8-19-9-6-11)17-14-3-1-2-12-10-16-7-4-13(12)14/h1-3,11,16H,4-10H2,(H,17,18). The van der Waals surface area contributed by atoms with E-state index in [0.717, 1.165) is 38.0 Å². The molecule has 0 unspecified atom stereocenters. The van der Waals surface area contributed by atoms with E-state index in [1.165, 1.54) is 11.1 Å². The van der Waals surface area contributed by atoms with E-state index < -0.39 is 0 Å². The molecule has 1 amide bonds. The minimum absolute atomic E-state index is 0.103. The Balaban J connectivity index is 1.74. The molecule has 3 rings (SSSR count). The van der Waals surface area contributed by atoms with Gasteiger partial charge in [0.25, 0.3) is 0 Å². The fourth-order valence-corrected chi connectivity index (χ4v) is 2.84. The summed E-state index contributed by atoms with van der Waals surface area (Å²) in [6, 6.07) is 6.17. The van der Waals surface area contributed by atoms with E-state index in [2.05, 4.69) is 16.7 Å². The molecule has 0 spiro atoms. The van der Waals surface area contributed by atoms with E-state index in [1.54, 1.807) is 0 Å². The van der Waals surface area contributed by atoms with Crippen molar-refractivity contribution in [3.05, 3.63) is 29.3 Å². The summed E-state index contributed by atoms with van der Waals surface area (Å²) in [5.74, 6) is 0.251. The van der Waals surface area contributed by atoms with Crippen LogP contribution in [0.1, 0.15) is 24.0 Å². The third-order valence-electron chi connectivity index (χ3n) is 3.99. The van der Waals surface area contributed by atoms with Gasteiger partial charge in [0.2, 0.25) is 5.91 Å². The van der Waals surface area contributed by atoms with E-state index in [0.29, 0.717) is 13.2 Å². The predicted octanol–water partition coefficient (Wildman–Crippen LogP) is 1.70. The lowest BCUT2D eigenvalue weighted by molar-refractivity contribution is -0.122. The van der Waals surface area contributed by atoms with Gasteiger partial charge in [-0.15, -0.1) is 0 Å². The van der Waals surface area contributed by atoms with Crippen molar-refractivity contribution >= 4 is 11.6 Å². The summed E-state index contributed by atoms with van der Waals surface area (Å²) < 4.78 is 5.30. The molecule has 0 saturated carbocycles. The summed E-state index contributed by atoms with van der Waals surface area (Å²) in [7, 11) is 0. The van der Waals surface area contributed by atoms with Crippen LogP contribution in [0.4, 0.5) is 5.69 Å². The van der Waals surface area contributed by atoms with Crippen LogP contribution < -0.4 is 10.6 Å². The van der Waals surface area contributed by atoms with Gasteiger partial charge in [-0.25, -0.2) is 0 Å². The quantitative estimate of drug-likeness (QED) is 0.851. The molecule has 0 aromatic heterocycles.